The number of benzene rings is 2. The number of esters is 1. The molecule has 7 nitrogen and oxygen atoms in total. The van der Waals surface area contributed by atoms with Crippen LogP contribution in [-0.4, -0.2) is 44.9 Å². The molecule has 0 saturated carbocycles. The molecule has 2 aromatic rings. The van der Waals surface area contributed by atoms with Crippen LogP contribution in [0.3, 0.4) is 0 Å². The summed E-state index contributed by atoms with van der Waals surface area (Å²) in [7, 11) is 0. The van der Waals surface area contributed by atoms with E-state index in [2.05, 4.69) is 27.2 Å². The first-order valence-corrected chi connectivity index (χ1v) is 13.6. The molecule has 2 aliphatic heterocycles. The number of rotatable bonds is 9. The zero-order valence-corrected chi connectivity index (χ0v) is 21.2. The highest BCUT2D eigenvalue weighted by Crippen LogP contribution is 2.38. The largest absolute Gasteiger partial charge is 0.448 e. The van der Waals surface area contributed by atoms with Crippen LogP contribution in [0.15, 0.2) is 84.6 Å². The van der Waals surface area contributed by atoms with Crippen LogP contribution < -0.4 is 4.72 Å². The molecule has 2 heterocycles. The van der Waals surface area contributed by atoms with Gasteiger partial charge in [-0.15, -0.1) is 0 Å². The number of hydrogen-bond donors (Lipinski definition) is 1. The van der Waals surface area contributed by atoms with Crippen LogP contribution in [0.1, 0.15) is 30.1 Å². The molecule has 4 rings (SSSR count). The van der Waals surface area contributed by atoms with Crippen LogP contribution >= 0.6 is 15.9 Å². The molecule has 1 saturated heterocycles. The number of nitrogens with zero attached hydrogens (tertiary/aromatic N) is 1. The van der Waals surface area contributed by atoms with Gasteiger partial charge >= 0.3 is 5.97 Å². The maximum absolute atomic E-state index is 13.5. The maximum atomic E-state index is 13.5. The quantitative estimate of drug-likeness (QED) is 0.168. The van der Waals surface area contributed by atoms with Crippen LogP contribution in [0.25, 0.3) is 0 Å². The van der Waals surface area contributed by atoms with E-state index in [-0.39, 0.29) is 40.9 Å². The van der Waals surface area contributed by atoms with Crippen molar-refractivity contribution in [1.29, 1.82) is 0 Å². The number of fused-ring (bicyclic) bond motifs is 1. The Balaban J connectivity index is 1.61. The lowest BCUT2D eigenvalue weighted by Crippen LogP contribution is -2.63. The van der Waals surface area contributed by atoms with Gasteiger partial charge in [0.25, 0.3) is 5.91 Å². The smallest absolute Gasteiger partial charge is 0.356 e. The van der Waals surface area contributed by atoms with Gasteiger partial charge in [-0.25, -0.2) is 4.79 Å². The average molecular weight is 556 g/mol. The monoisotopic (exact) mass is 555 g/mol. The summed E-state index contributed by atoms with van der Waals surface area (Å²) in [4.78, 5) is 51.5. The fourth-order valence-corrected chi connectivity index (χ4v) is 6.39. The Morgan fingerprint density at radius 3 is 2.23 bits per heavy atom. The fraction of sp³-hybridized carbons (Fsp3) is 0.231. The van der Waals surface area contributed by atoms with Gasteiger partial charge in [0.05, 0.1) is 18.2 Å². The molecule has 2 aliphatic rings. The molecule has 9 heteroatoms. The molecule has 0 radical (unpaired) electrons. The highest BCUT2D eigenvalue weighted by molar-refractivity contribution is 9.09. The summed E-state index contributed by atoms with van der Waals surface area (Å²) >= 11 is 2.30. The number of carbonyl (C=O) groups is 4. The number of carbonyl (C=O) groups excluding carboxylic acids is 4. The van der Waals surface area contributed by atoms with Gasteiger partial charge in [-0.2, -0.15) is 4.72 Å². The first-order valence-electron chi connectivity index (χ1n) is 11.0. The number of alkyl halides is 1. The number of halogens is 1. The van der Waals surface area contributed by atoms with Crippen molar-refractivity contribution in [2.24, 2.45) is 0 Å². The van der Waals surface area contributed by atoms with Gasteiger partial charge in [-0.1, -0.05) is 89.2 Å². The lowest BCUT2D eigenvalue weighted by molar-refractivity contribution is -0.151. The van der Waals surface area contributed by atoms with Gasteiger partial charge in [-0.05, 0) is 11.1 Å². The number of hydrogen-bond acceptors (Lipinski definition) is 5. The molecule has 2 atom stereocenters. The number of Topliss-reactive ketones (excluding diaryl/α,β-unsaturated/α-hetero) is 1. The third kappa shape index (κ3) is 5.41. The highest BCUT2D eigenvalue weighted by Gasteiger charge is 2.57. The Labute approximate surface area is 214 Å². The number of ketones is 1. The predicted octanol–water partition coefficient (Wildman–Crippen LogP) is 3.33. The van der Waals surface area contributed by atoms with E-state index in [4.69, 9.17) is 4.74 Å². The molecule has 1 fully saturated rings. The van der Waals surface area contributed by atoms with E-state index >= 15 is 0 Å². The van der Waals surface area contributed by atoms with E-state index in [1.165, 1.54) is 11.0 Å². The molecular formula is C26H24BrN2O5S+. The predicted molar refractivity (Wildman–Crippen MR) is 137 cm³/mol. The second kappa shape index (κ2) is 11.0. The summed E-state index contributed by atoms with van der Waals surface area (Å²) in [6, 6.07) is 18.8. The van der Waals surface area contributed by atoms with E-state index < -0.39 is 29.1 Å². The Kier molecular flexibility index (Phi) is 7.87. The average Bonchev–Trinajstić information content (AvgIpc) is 2.87. The molecule has 0 aliphatic carbocycles. The van der Waals surface area contributed by atoms with Crippen molar-refractivity contribution >= 4 is 50.6 Å². The Hall–Kier alpha value is -3.17. The topological polar surface area (TPSA) is 92.8 Å². The summed E-state index contributed by atoms with van der Waals surface area (Å²) in [6.07, 6.45) is 0.827. The van der Waals surface area contributed by atoms with Crippen molar-refractivity contribution in [3.05, 3.63) is 95.7 Å². The standard InChI is InChI=1S/C26H23BrN2O5S/c1-2-17-16-35(28-21(31)13-20(30)15-27)23-14-22(32)29(23)24(17)26(33)34-25(18-9-5-3-6-10-18)19-11-7-4-8-12-19/h2-12,23,25H,1,13-16H2/p+1/t23-,35?/m1/s1. The zero-order chi connectivity index (χ0) is 24.9. The first kappa shape index (κ1) is 24.9. The molecule has 0 spiro atoms. The van der Waals surface area contributed by atoms with Crippen molar-refractivity contribution in [3.63, 3.8) is 0 Å². The zero-order valence-electron chi connectivity index (χ0n) is 18.8. The van der Waals surface area contributed by atoms with E-state index in [0.29, 0.717) is 11.3 Å². The molecule has 0 bridgehead atoms. The Bertz CT molecular complexity index is 1150. The summed E-state index contributed by atoms with van der Waals surface area (Å²) in [5.41, 5.74) is 2.29. The maximum Gasteiger partial charge on any atom is 0.356 e. The van der Waals surface area contributed by atoms with Gasteiger partial charge in [0.1, 0.15) is 16.8 Å². The summed E-state index contributed by atoms with van der Waals surface area (Å²) in [5, 5.41) is -0.260. The minimum atomic E-state index is -0.753. The van der Waals surface area contributed by atoms with Crippen molar-refractivity contribution in [2.75, 3.05) is 11.1 Å². The lowest BCUT2D eigenvalue weighted by atomic mass is 10.0. The molecule has 35 heavy (non-hydrogen) atoms. The normalized spacial score (nSPS) is 19.0. The molecule has 2 aromatic carbocycles. The summed E-state index contributed by atoms with van der Waals surface area (Å²) < 4.78 is 8.88. The summed E-state index contributed by atoms with van der Waals surface area (Å²) in [5.74, 6) is -1.15. The van der Waals surface area contributed by atoms with E-state index in [9.17, 15) is 19.2 Å². The molecule has 1 unspecified atom stereocenters. The first-order chi connectivity index (χ1) is 16.9. The van der Waals surface area contributed by atoms with Gasteiger partial charge < -0.3 is 4.74 Å². The van der Waals surface area contributed by atoms with E-state index in [0.717, 1.165) is 11.1 Å². The Morgan fingerprint density at radius 1 is 1.11 bits per heavy atom. The minimum Gasteiger partial charge on any atom is -0.448 e. The molecule has 2 amide bonds. The van der Waals surface area contributed by atoms with Gasteiger partial charge in [0.2, 0.25) is 11.3 Å². The molecule has 1 N–H and O–H groups in total. The SMILES string of the molecule is C=CC1=C(C(=O)OC(c2ccccc2)c2ccccc2)N2C(=O)C[C@H]2[S+](NC(=O)CC(=O)CBr)C1. The van der Waals surface area contributed by atoms with Crippen LogP contribution in [0.2, 0.25) is 0 Å². The van der Waals surface area contributed by atoms with Crippen LogP contribution in [-0.2, 0) is 35.0 Å². The number of amides is 2. The lowest BCUT2D eigenvalue weighted by Gasteiger charge is -2.42. The number of allylic oxidation sites excluding steroid dienone is 1. The van der Waals surface area contributed by atoms with Gasteiger partial charge in [0, 0.05) is 5.57 Å². The van der Waals surface area contributed by atoms with Crippen molar-refractivity contribution in [3.8, 4) is 0 Å². The van der Waals surface area contributed by atoms with Gasteiger partial charge in [0.15, 0.2) is 17.6 Å². The number of ether oxygens (including phenoxy) is 1. The highest BCUT2D eigenvalue weighted by atomic mass is 79.9. The molecule has 0 aromatic heterocycles. The second-order valence-corrected chi connectivity index (χ2v) is 10.5. The molecular weight excluding hydrogens is 532 g/mol. The third-order valence-corrected chi connectivity index (χ3v) is 8.48. The van der Waals surface area contributed by atoms with Crippen molar-refractivity contribution in [1.82, 2.24) is 9.62 Å². The number of nitrogens with one attached hydrogen (secondary N) is 1. The van der Waals surface area contributed by atoms with Crippen LogP contribution in [0.4, 0.5) is 0 Å². The summed E-state index contributed by atoms with van der Waals surface area (Å²) in [6.45, 7) is 3.82. The molecule has 180 valence electrons. The van der Waals surface area contributed by atoms with E-state index in [1.807, 2.05) is 60.7 Å². The van der Waals surface area contributed by atoms with E-state index in [1.54, 1.807) is 0 Å². The second-order valence-electron chi connectivity index (χ2n) is 8.05. The minimum absolute atomic E-state index is 0.0973. The van der Waals surface area contributed by atoms with Crippen LogP contribution in [0.5, 0.6) is 0 Å². The van der Waals surface area contributed by atoms with Gasteiger partial charge in [-0.3, -0.25) is 19.3 Å². The van der Waals surface area contributed by atoms with Crippen molar-refractivity contribution < 1.29 is 23.9 Å². The Morgan fingerprint density at radius 2 is 1.71 bits per heavy atom. The van der Waals surface area contributed by atoms with Crippen molar-refractivity contribution in [2.45, 2.75) is 24.3 Å². The third-order valence-electron chi connectivity index (χ3n) is 5.71. The van der Waals surface area contributed by atoms with Crippen LogP contribution in [0, 0.1) is 0 Å². The fourth-order valence-electron chi connectivity index (χ4n) is 4.02. The number of β-lactam (4-membered cyclic amide) rings is 1.